The fourth-order valence-electron chi connectivity index (χ4n) is 3.07. The minimum atomic E-state index is -0.984. The molecule has 1 amide bonds. The number of hydrogen-bond donors (Lipinski definition) is 1. The van der Waals surface area contributed by atoms with Gasteiger partial charge in [-0.2, -0.15) is 0 Å². The van der Waals surface area contributed by atoms with E-state index >= 15 is 0 Å². The second-order valence-corrected chi connectivity index (χ2v) is 6.64. The summed E-state index contributed by atoms with van der Waals surface area (Å²) in [6, 6.07) is 12.7. The lowest BCUT2D eigenvalue weighted by atomic mass is 10.0. The molecule has 1 N–H and O–H groups in total. The van der Waals surface area contributed by atoms with Crippen LogP contribution in [0.5, 0.6) is 5.75 Å². The normalized spacial score (nSPS) is 15.6. The zero-order chi connectivity index (χ0) is 18.0. The number of amides is 1. The van der Waals surface area contributed by atoms with Crippen LogP contribution in [0.3, 0.4) is 0 Å². The molecule has 0 aromatic heterocycles. The molecule has 0 saturated heterocycles. The molecule has 1 heterocycles. The fourth-order valence-corrected chi connectivity index (χ4v) is 3.07. The first-order chi connectivity index (χ1) is 12.0. The van der Waals surface area contributed by atoms with Crippen molar-refractivity contribution in [3.63, 3.8) is 0 Å². The number of nitrogens with zero attached hydrogens (tertiary/aromatic N) is 1. The third kappa shape index (κ3) is 3.65. The Labute approximate surface area is 146 Å². The van der Waals surface area contributed by atoms with Gasteiger partial charge in [-0.05, 0) is 23.8 Å². The number of fused-ring (bicyclic) bond motifs is 1. The standard InChI is InChI=1S/C20H21NO4/c1-13(2)10-17(20(23)24)21-12-15(11-19(21)22)25-18-9-5-7-14-6-3-4-8-16(14)18/h3-9,11,13,17H,10,12H2,1-2H3,(H,23,24)/t17-/m0/s1. The predicted molar refractivity (Wildman–Crippen MR) is 95.3 cm³/mol. The third-order valence-electron chi connectivity index (χ3n) is 4.24. The average Bonchev–Trinajstić information content (AvgIpc) is 2.92. The maximum atomic E-state index is 12.3. The van der Waals surface area contributed by atoms with Crippen LogP contribution in [0.4, 0.5) is 0 Å². The predicted octanol–water partition coefficient (Wildman–Crippen LogP) is 3.44. The summed E-state index contributed by atoms with van der Waals surface area (Å²) in [6.07, 6.45) is 1.80. The topological polar surface area (TPSA) is 66.8 Å². The Balaban J connectivity index is 1.80. The maximum Gasteiger partial charge on any atom is 0.326 e. The van der Waals surface area contributed by atoms with Crippen molar-refractivity contribution in [3.05, 3.63) is 54.3 Å². The smallest absolute Gasteiger partial charge is 0.326 e. The summed E-state index contributed by atoms with van der Waals surface area (Å²) in [5, 5.41) is 11.5. The summed E-state index contributed by atoms with van der Waals surface area (Å²) in [4.78, 5) is 25.2. The Bertz CT molecular complexity index is 835. The van der Waals surface area contributed by atoms with E-state index in [9.17, 15) is 14.7 Å². The van der Waals surface area contributed by atoms with Gasteiger partial charge in [-0.25, -0.2) is 4.79 Å². The molecule has 2 aromatic rings. The fraction of sp³-hybridized carbons (Fsp3) is 0.300. The molecule has 5 nitrogen and oxygen atoms in total. The minimum absolute atomic E-state index is 0.172. The number of carboxylic acids is 1. The van der Waals surface area contributed by atoms with Gasteiger partial charge in [-0.3, -0.25) is 4.79 Å². The van der Waals surface area contributed by atoms with Crippen LogP contribution in [0.25, 0.3) is 10.8 Å². The van der Waals surface area contributed by atoms with Crippen molar-refractivity contribution >= 4 is 22.6 Å². The second-order valence-electron chi connectivity index (χ2n) is 6.64. The van der Waals surface area contributed by atoms with Crippen LogP contribution in [0.1, 0.15) is 20.3 Å². The van der Waals surface area contributed by atoms with Gasteiger partial charge in [0.25, 0.3) is 5.91 Å². The summed E-state index contributed by atoms with van der Waals surface area (Å²) in [6.45, 7) is 4.06. The van der Waals surface area contributed by atoms with Crippen molar-refractivity contribution < 1.29 is 19.4 Å². The number of hydrogen-bond acceptors (Lipinski definition) is 3. The van der Waals surface area contributed by atoms with E-state index in [4.69, 9.17) is 4.74 Å². The van der Waals surface area contributed by atoms with Gasteiger partial charge in [0.15, 0.2) is 0 Å². The number of aliphatic carboxylic acids is 1. The lowest BCUT2D eigenvalue weighted by molar-refractivity contribution is -0.148. The molecule has 1 aliphatic heterocycles. The van der Waals surface area contributed by atoms with Gasteiger partial charge in [0.05, 0.1) is 6.54 Å². The Kier molecular flexibility index (Phi) is 4.74. The number of carbonyl (C=O) groups is 2. The highest BCUT2D eigenvalue weighted by Crippen LogP contribution is 2.28. The SMILES string of the molecule is CC(C)C[C@@H](C(=O)O)N1CC(Oc2cccc3ccccc23)=CC1=O. The lowest BCUT2D eigenvalue weighted by Gasteiger charge is -2.25. The molecule has 1 aliphatic rings. The van der Waals surface area contributed by atoms with E-state index in [0.29, 0.717) is 17.9 Å². The van der Waals surface area contributed by atoms with Gasteiger partial charge >= 0.3 is 5.97 Å². The summed E-state index contributed by atoms with van der Waals surface area (Å²) in [7, 11) is 0. The molecule has 0 aliphatic carbocycles. The van der Waals surface area contributed by atoms with Crippen LogP contribution in [-0.4, -0.2) is 34.5 Å². The molecule has 3 rings (SSSR count). The molecule has 0 fully saturated rings. The first-order valence-electron chi connectivity index (χ1n) is 8.35. The lowest BCUT2D eigenvalue weighted by Crippen LogP contribution is -2.43. The van der Waals surface area contributed by atoms with E-state index in [1.54, 1.807) is 0 Å². The molecule has 1 atom stereocenters. The van der Waals surface area contributed by atoms with E-state index in [0.717, 1.165) is 10.8 Å². The molecular weight excluding hydrogens is 318 g/mol. The van der Waals surface area contributed by atoms with Crippen LogP contribution in [0.15, 0.2) is 54.3 Å². The highest BCUT2D eigenvalue weighted by Gasteiger charge is 2.34. The zero-order valence-electron chi connectivity index (χ0n) is 14.3. The molecule has 0 spiro atoms. The van der Waals surface area contributed by atoms with Gasteiger partial charge in [0.2, 0.25) is 0 Å². The van der Waals surface area contributed by atoms with Gasteiger partial charge in [0, 0.05) is 11.5 Å². The molecule has 0 saturated carbocycles. The van der Waals surface area contributed by atoms with Crippen molar-refractivity contribution in [1.82, 2.24) is 4.90 Å². The monoisotopic (exact) mass is 339 g/mol. The number of carbonyl (C=O) groups excluding carboxylic acids is 1. The zero-order valence-corrected chi connectivity index (χ0v) is 14.3. The molecule has 0 bridgehead atoms. The summed E-state index contributed by atoms with van der Waals surface area (Å²) >= 11 is 0. The Morgan fingerprint density at radius 1 is 1.20 bits per heavy atom. The average molecular weight is 339 g/mol. The van der Waals surface area contributed by atoms with Gasteiger partial charge < -0.3 is 14.7 Å². The summed E-state index contributed by atoms with van der Waals surface area (Å²) in [5.41, 5.74) is 0. The minimum Gasteiger partial charge on any atom is -0.480 e. The molecule has 0 unspecified atom stereocenters. The van der Waals surface area contributed by atoms with Crippen molar-refractivity contribution in [2.45, 2.75) is 26.3 Å². The molecular formula is C20H21NO4. The molecule has 0 radical (unpaired) electrons. The van der Waals surface area contributed by atoms with Gasteiger partial charge in [0.1, 0.15) is 17.6 Å². The van der Waals surface area contributed by atoms with Crippen LogP contribution in [-0.2, 0) is 9.59 Å². The van der Waals surface area contributed by atoms with E-state index < -0.39 is 12.0 Å². The van der Waals surface area contributed by atoms with Crippen molar-refractivity contribution in [2.24, 2.45) is 5.92 Å². The van der Waals surface area contributed by atoms with Crippen molar-refractivity contribution in [2.75, 3.05) is 6.54 Å². The van der Waals surface area contributed by atoms with Crippen molar-refractivity contribution in [1.29, 1.82) is 0 Å². The first kappa shape index (κ1) is 17.0. The Morgan fingerprint density at radius 2 is 1.92 bits per heavy atom. The number of benzene rings is 2. The molecule has 130 valence electrons. The van der Waals surface area contributed by atoms with Crippen LogP contribution in [0.2, 0.25) is 0 Å². The van der Waals surface area contributed by atoms with E-state index in [-0.39, 0.29) is 18.4 Å². The van der Waals surface area contributed by atoms with E-state index in [1.807, 2.05) is 56.3 Å². The summed E-state index contributed by atoms with van der Waals surface area (Å²) in [5.74, 6) is 0.00757. The molecule has 25 heavy (non-hydrogen) atoms. The second kappa shape index (κ2) is 6.97. The molecule has 5 heteroatoms. The number of carboxylic acid groups (broad SMARTS) is 1. The van der Waals surface area contributed by atoms with Crippen LogP contribution >= 0.6 is 0 Å². The van der Waals surface area contributed by atoms with Crippen molar-refractivity contribution in [3.8, 4) is 5.75 Å². The molecule has 2 aromatic carbocycles. The summed E-state index contributed by atoms with van der Waals surface area (Å²) < 4.78 is 5.93. The Hall–Kier alpha value is -2.82. The first-order valence-corrected chi connectivity index (χ1v) is 8.35. The largest absolute Gasteiger partial charge is 0.480 e. The van der Waals surface area contributed by atoms with E-state index in [2.05, 4.69) is 0 Å². The van der Waals surface area contributed by atoms with E-state index in [1.165, 1.54) is 11.0 Å². The maximum absolute atomic E-state index is 12.3. The quantitative estimate of drug-likeness (QED) is 0.875. The van der Waals surface area contributed by atoms with Gasteiger partial charge in [-0.15, -0.1) is 0 Å². The van der Waals surface area contributed by atoms with Crippen LogP contribution in [0, 0.1) is 5.92 Å². The highest BCUT2D eigenvalue weighted by molar-refractivity contribution is 5.94. The van der Waals surface area contributed by atoms with Crippen LogP contribution < -0.4 is 4.74 Å². The van der Waals surface area contributed by atoms with Gasteiger partial charge in [-0.1, -0.05) is 50.2 Å². The highest BCUT2D eigenvalue weighted by atomic mass is 16.5. The Morgan fingerprint density at radius 3 is 2.64 bits per heavy atom. The number of ether oxygens (including phenoxy) is 1. The number of rotatable bonds is 6. The third-order valence-corrected chi connectivity index (χ3v) is 4.24.